The van der Waals surface area contributed by atoms with Gasteiger partial charge in [0.25, 0.3) is 0 Å². The van der Waals surface area contributed by atoms with E-state index in [1.807, 2.05) is 0 Å². The second kappa shape index (κ2) is 6.76. The first kappa shape index (κ1) is 14.1. The third kappa shape index (κ3) is 4.10. The number of halogens is 1. The van der Waals surface area contributed by atoms with Crippen molar-refractivity contribution in [2.24, 2.45) is 0 Å². The molecule has 0 aliphatic carbocycles. The largest absolute Gasteiger partial charge is 0.384 e. The lowest BCUT2D eigenvalue weighted by molar-refractivity contribution is 0.706. The van der Waals surface area contributed by atoms with Gasteiger partial charge in [0.1, 0.15) is 0 Å². The zero-order valence-electron chi connectivity index (χ0n) is 11.5. The summed E-state index contributed by atoms with van der Waals surface area (Å²) in [6.07, 6.45) is 1.13. The Labute approximate surface area is 124 Å². The fraction of sp³-hybridized carbons (Fsp3) is 0.294. The van der Waals surface area contributed by atoms with Crippen molar-refractivity contribution in [1.82, 2.24) is 0 Å². The number of aryl methyl sites for hydroxylation is 1. The highest BCUT2D eigenvalue weighted by atomic mass is 79.9. The van der Waals surface area contributed by atoms with Gasteiger partial charge in [-0.15, -0.1) is 0 Å². The molecule has 0 heterocycles. The number of hydrogen-bond acceptors (Lipinski definition) is 1. The van der Waals surface area contributed by atoms with E-state index in [0.29, 0.717) is 5.92 Å². The summed E-state index contributed by atoms with van der Waals surface area (Å²) in [7, 11) is 0. The van der Waals surface area contributed by atoms with E-state index in [-0.39, 0.29) is 0 Å². The van der Waals surface area contributed by atoms with Gasteiger partial charge >= 0.3 is 0 Å². The van der Waals surface area contributed by atoms with E-state index in [0.717, 1.165) is 17.4 Å². The van der Waals surface area contributed by atoms with Crippen molar-refractivity contribution >= 4 is 21.6 Å². The van der Waals surface area contributed by atoms with Gasteiger partial charge in [-0.2, -0.15) is 0 Å². The molecule has 0 aliphatic heterocycles. The number of nitrogens with one attached hydrogen (secondary N) is 1. The zero-order valence-corrected chi connectivity index (χ0v) is 13.1. The summed E-state index contributed by atoms with van der Waals surface area (Å²) in [5.74, 6) is 0.581. The van der Waals surface area contributed by atoms with Crippen LogP contribution in [0.2, 0.25) is 0 Å². The summed E-state index contributed by atoms with van der Waals surface area (Å²) in [6, 6.07) is 17.1. The molecule has 0 aliphatic rings. The Morgan fingerprint density at radius 2 is 1.84 bits per heavy atom. The van der Waals surface area contributed by atoms with Crippen LogP contribution in [0.3, 0.4) is 0 Å². The molecule has 0 saturated heterocycles. The van der Waals surface area contributed by atoms with Crippen molar-refractivity contribution in [3.8, 4) is 0 Å². The Morgan fingerprint density at radius 1 is 1.11 bits per heavy atom. The fourth-order valence-electron chi connectivity index (χ4n) is 2.14. The molecule has 2 aromatic carbocycles. The minimum Gasteiger partial charge on any atom is -0.384 e. The van der Waals surface area contributed by atoms with E-state index in [2.05, 4.69) is 83.6 Å². The van der Waals surface area contributed by atoms with Crippen molar-refractivity contribution in [2.75, 3.05) is 11.9 Å². The monoisotopic (exact) mass is 317 g/mol. The third-order valence-electron chi connectivity index (χ3n) is 3.39. The molecule has 2 heteroatoms. The van der Waals surface area contributed by atoms with Gasteiger partial charge in [0.05, 0.1) is 0 Å². The van der Waals surface area contributed by atoms with Crippen LogP contribution in [0.25, 0.3) is 0 Å². The molecule has 1 N–H and O–H groups in total. The number of benzene rings is 2. The van der Waals surface area contributed by atoms with Gasteiger partial charge < -0.3 is 5.32 Å². The van der Waals surface area contributed by atoms with Crippen LogP contribution in [0.4, 0.5) is 5.69 Å². The Kier molecular flexibility index (Phi) is 5.03. The van der Waals surface area contributed by atoms with Crippen LogP contribution in [0, 0.1) is 6.92 Å². The molecule has 0 bridgehead atoms. The van der Waals surface area contributed by atoms with E-state index in [4.69, 9.17) is 0 Å². The van der Waals surface area contributed by atoms with E-state index in [1.165, 1.54) is 16.8 Å². The quantitative estimate of drug-likeness (QED) is 0.782. The predicted octanol–water partition coefficient (Wildman–Crippen LogP) is 5.36. The van der Waals surface area contributed by atoms with Crippen LogP contribution < -0.4 is 5.32 Å². The Hall–Kier alpha value is -1.28. The molecule has 19 heavy (non-hydrogen) atoms. The Balaban J connectivity index is 1.86. The standard InChI is InChI=1S/C17H20BrN/c1-13-8-9-17(16(18)12-13)19-11-10-14(2)15-6-4-3-5-7-15/h3-9,12,14,19H,10-11H2,1-2H3. The third-order valence-corrected chi connectivity index (χ3v) is 4.04. The number of rotatable bonds is 5. The number of hydrogen-bond donors (Lipinski definition) is 1. The Bertz CT molecular complexity index is 522. The molecule has 0 radical (unpaired) electrons. The first-order chi connectivity index (χ1) is 9.16. The SMILES string of the molecule is Cc1ccc(NCCC(C)c2ccccc2)c(Br)c1. The van der Waals surface area contributed by atoms with Crippen LogP contribution >= 0.6 is 15.9 Å². The zero-order chi connectivity index (χ0) is 13.7. The average Bonchev–Trinajstić information content (AvgIpc) is 2.42. The molecule has 0 saturated carbocycles. The van der Waals surface area contributed by atoms with Crippen LogP contribution in [-0.2, 0) is 0 Å². The average molecular weight is 318 g/mol. The van der Waals surface area contributed by atoms with Crippen LogP contribution in [0.1, 0.15) is 30.4 Å². The molecule has 1 nitrogen and oxygen atoms in total. The maximum atomic E-state index is 3.60. The summed E-state index contributed by atoms with van der Waals surface area (Å²) in [6.45, 7) is 5.37. The van der Waals surface area contributed by atoms with Crippen LogP contribution in [-0.4, -0.2) is 6.54 Å². The van der Waals surface area contributed by atoms with Gasteiger partial charge in [-0.1, -0.05) is 43.3 Å². The summed E-state index contributed by atoms with van der Waals surface area (Å²) in [5.41, 5.74) is 3.85. The van der Waals surface area contributed by atoms with Crippen LogP contribution in [0.15, 0.2) is 53.0 Å². The van der Waals surface area contributed by atoms with E-state index in [1.54, 1.807) is 0 Å². The van der Waals surface area contributed by atoms with Crippen molar-refractivity contribution in [3.05, 3.63) is 64.1 Å². The predicted molar refractivity (Wildman–Crippen MR) is 86.8 cm³/mol. The van der Waals surface area contributed by atoms with Crippen LogP contribution in [0.5, 0.6) is 0 Å². The van der Waals surface area contributed by atoms with Gasteiger partial charge in [0, 0.05) is 16.7 Å². The van der Waals surface area contributed by atoms with Gasteiger partial charge in [-0.3, -0.25) is 0 Å². The highest BCUT2D eigenvalue weighted by Crippen LogP contribution is 2.24. The first-order valence-corrected chi connectivity index (χ1v) is 7.51. The van der Waals surface area contributed by atoms with Gasteiger partial charge in [0.15, 0.2) is 0 Å². The summed E-state index contributed by atoms with van der Waals surface area (Å²) >= 11 is 3.60. The molecule has 100 valence electrons. The van der Waals surface area contributed by atoms with Crippen molar-refractivity contribution in [1.29, 1.82) is 0 Å². The maximum Gasteiger partial charge on any atom is 0.0484 e. The summed E-state index contributed by atoms with van der Waals surface area (Å²) in [4.78, 5) is 0. The molecule has 0 aromatic heterocycles. The van der Waals surface area contributed by atoms with E-state index in [9.17, 15) is 0 Å². The molecule has 2 rings (SSSR count). The smallest absolute Gasteiger partial charge is 0.0484 e. The van der Waals surface area contributed by atoms with Gasteiger partial charge in [0.2, 0.25) is 0 Å². The molecular weight excluding hydrogens is 298 g/mol. The highest BCUT2D eigenvalue weighted by Gasteiger charge is 2.05. The molecule has 1 unspecified atom stereocenters. The second-order valence-corrected chi connectivity index (χ2v) is 5.86. The van der Waals surface area contributed by atoms with E-state index >= 15 is 0 Å². The minimum absolute atomic E-state index is 0.581. The highest BCUT2D eigenvalue weighted by molar-refractivity contribution is 9.10. The molecule has 0 fully saturated rings. The second-order valence-electron chi connectivity index (χ2n) is 5.01. The normalized spacial score (nSPS) is 12.2. The van der Waals surface area contributed by atoms with Gasteiger partial charge in [-0.05, 0) is 58.5 Å². The molecule has 1 atom stereocenters. The lowest BCUT2D eigenvalue weighted by atomic mass is 9.98. The minimum atomic E-state index is 0.581. The number of anilines is 1. The van der Waals surface area contributed by atoms with Crippen molar-refractivity contribution in [2.45, 2.75) is 26.2 Å². The topological polar surface area (TPSA) is 12.0 Å². The van der Waals surface area contributed by atoms with Crippen molar-refractivity contribution in [3.63, 3.8) is 0 Å². The van der Waals surface area contributed by atoms with Crippen molar-refractivity contribution < 1.29 is 0 Å². The lowest BCUT2D eigenvalue weighted by Gasteiger charge is -2.14. The first-order valence-electron chi connectivity index (χ1n) is 6.72. The van der Waals surface area contributed by atoms with Gasteiger partial charge in [-0.25, -0.2) is 0 Å². The molecular formula is C17H20BrN. The summed E-state index contributed by atoms with van der Waals surface area (Å²) < 4.78 is 1.14. The fourth-order valence-corrected chi connectivity index (χ4v) is 2.77. The summed E-state index contributed by atoms with van der Waals surface area (Å²) in [5, 5.41) is 3.49. The molecule has 0 amide bonds. The molecule has 0 spiro atoms. The Morgan fingerprint density at radius 3 is 2.53 bits per heavy atom. The lowest BCUT2D eigenvalue weighted by Crippen LogP contribution is -2.06. The molecule has 2 aromatic rings. The van der Waals surface area contributed by atoms with E-state index < -0.39 is 0 Å². The maximum absolute atomic E-state index is 3.60.